The van der Waals surface area contributed by atoms with E-state index >= 15 is 0 Å². The smallest absolute Gasteiger partial charge is 0.404 e. The van der Waals surface area contributed by atoms with E-state index in [4.69, 9.17) is 10.5 Å². The highest BCUT2D eigenvalue weighted by Crippen LogP contribution is 2.29. The van der Waals surface area contributed by atoms with Crippen LogP contribution in [0.4, 0.5) is 13.2 Å². The Morgan fingerprint density at radius 2 is 1.80 bits per heavy atom. The molecule has 2 N–H and O–H groups in total. The fourth-order valence-corrected chi connectivity index (χ4v) is 1.86. The lowest BCUT2D eigenvalue weighted by atomic mass is 9.88. The summed E-state index contributed by atoms with van der Waals surface area (Å²) in [5.74, 6) is -2.89. The number of esters is 1. The molecule has 0 radical (unpaired) electrons. The van der Waals surface area contributed by atoms with Gasteiger partial charge in [-0.2, -0.15) is 13.2 Å². The van der Waals surface area contributed by atoms with E-state index in [1.54, 1.807) is 30.3 Å². The Morgan fingerprint density at radius 1 is 1.25 bits per heavy atom. The quantitative estimate of drug-likeness (QED) is 0.848. The van der Waals surface area contributed by atoms with Gasteiger partial charge in [-0.15, -0.1) is 0 Å². The Bertz CT molecular complexity index is 432. The molecule has 0 aliphatic carbocycles. The second-order valence-electron chi connectivity index (χ2n) is 4.93. The first-order valence-corrected chi connectivity index (χ1v) is 6.26. The van der Waals surface area contributed by atoms with Gasteiger partial charge in [-0.05, 0) is 11.5 Å². The molecule has 0 aliphatic rings. The molecule has 0 saturated heterocycles. The summed E-state index contributed by atoms with van der Waals surface area (Å²) in [6, 6.07) is 6.53. The minimum absolute atomic E-state index is 0.0620. The van der Waals surface area contributed by atoms with E-state index in [9.17, 15) is 18.0 Å². The molecule has 6 heteroatoms. The molecule has 0 saturated carbocycles. The standard InChI is InChI=1S/C14H18F3NO2/c1-9(2)11(12(18)14(15,16)17)13(19)20-8-10-6-4-3-5-7-10/h3-7,9,11-12H,8,18H2,1-2H3/t11-,12-/m1/s1. The maximum Gasteiger partial charge on any atom is 0.404 e. The highest BCUT2D eigenvalue weighted by molar-refractivity contribution is 5.73. The van der Waals surface area contributed by atoms with Gasteiger partial charge in [0.1, 0.15) is 12.6 Å². The van der Waals surface area contributed by atoms with E-state index in [1.165, 1.54) is 13.8 Å². The van der Waals surface area contributed by atoms with Gasteiger partial charge in [-0.3, -0.25) is 4.79 Å². The molecule has 20 heavy (non-hydrogen) atoms. The van der Waals surface area contributed by atoms with Crippen LogP contribution in [0.15, 0.2) is 30.3 Å². The van der Waals surface area contributed by atoms with Gasteiger partial charge in [0.2, 0.25) is 0 Å². The van der Waals surface area contributed by atoms with Gasteiger partial charge < -0.3 is 10.5 Å². The fraction of sp³-hybridized carbons (Fsp3) is 0.500. The van der Waals surface area contributed by atoms with Crippen molar-refractivity contribution in [1.29, 1.82) is 0 Å². The van der Waals surface area contributed by atoms with Crippen molar-refractivity contribution in [2.75, 3.05) is 0 Å². The molecule has 0 aliphatic heterocycles. The van der Waals surface area contributed by atoms with Crippen molar-refractivity contribution in [2.24, 2.45) is 17.6 Å². The molecule has 0 unspecified atom stereocenters. The Hall–Kier alpha value is -1.56. The Morgan fingerprint density at radius 3 is 2.25 bits per heavy atom. The zero-order valence-corrected chi connectivity index (χ0v) is 11.4. The Kier molecular flexibility index (Phi) is 5.56. The number of carbonyl (C=O) groups excluding carboxylic acids is 1. The molecular formula is C14H18F3NO2. The van der Waals surface area contributed by atoms with Gasteiger partial charge in [0.15, 0.2) is 0 Å². The monoisotopic (exact) mass is 289 g/mol. The van der Waals surface area contributed by atoms with Crippen LogP contribution in [0.2, 0.25) is 0 Å². The predicted octanol–water partition coefficient (Wildman–Crippen LogP) is 2.89. The molecule has 2 atom stereocenters. The number of benzene rings is 1. The van der Waals surface area contributed by atoms with E-state index in [0.717, 1.165) is 0 Å². The van der Waals surface area contributed by atoms with Gasteiger partial charge in [0, 0.05) is 0 Å². The normalized spacial score (nSPS) is 14.9. The molecule has 0 bridgehead atoms. The fourth-order valence-electron chi connectivity index (χ4n) is 1.86. The number of alkyl halides is 3. The summed E-state index contributed by atoms with van der Waals surface area (Å²) >= 11 is 0. The summed E-state index contributed by atoms with van der Waals surface area (Å²) in [5.41, 5.74) is 5.85. The molecule has 1 aromatic rings. The number of hydrogen-bond donors (Lipinski definition) is 1. The average molecular weight is 289 g/mol. The van der Waals surface area contributed by atoms with Crippen molar-refractivity contribution < 1.29 is 22.7 Å². The molecule has 0 heterocycles. The Balaban J connectivity index is 2.71. The summed E-state index contributed by atoms with van der Waals surface area (Å²) in [6.07, 6.45) is -4.62. The third-order valence-corrected chi connectivity index (χ3v) is 2.98. The average Bonchev–Trinajstić information content (AvgIpc) is 2.36. The minimum Gasteiger partial charge on any atom is -0.461 e. The number of rotatable bonds is 5. The lowest BCUT2D eigenvalue weighted by Crippen LogP contribution is -2.49. The van der Waals surface area contributed by atoms with E-state index in [2.05, 4.69) is 0 Å². The largest absolute Gasteiger partial charge is 0.461 e. The van der Waals surface area contributed by atoms with Crippen LogP contribution < -0.4 is 5.73 Å². The zero-order chi connectivity index (χ0) is 15.3. The number of hydrogen-bond acceptors (Lipinski definition) is 3. The Labute approximate surface area is 115 Å². The first-order valence-electron chi connectivity index (χ1n) is 6.26. The van der Waals surface area contributed by atoms with Crippen LogP contribution in [0.1, 0.15) is 19.4 Å². The summed E-state index contributed by atoms with van der Waals surface area (Å²) in [5, 5.41) is 0. The molecule has 0 aromatic heterocycles. The molecule has 1 aromatic carbocycles. The minimum atomic E-state index is -4.62. The molecule has 1 rings (SSSR count). The highest BCUT2D eigenvalue weighted by Gasteiger charge is 2.46. The molecule has 0 fully saturated rings. The van der Waals surface area contributed by atoms with E-state index in [-0.39, 0.29) is 6.61 Å². The first-order chi connectivity index (χ1) is 9.23. The molecule has 112 valence electrons. The van der Waals surface area contributed by atoms with Gasteiger partial charge in [-0.1, -0.05) is 44.2 Å². The van der Waals surface area contributed by atoms with Crippen LogP contribution in [0.25, 0.3) is 0 Å². The summed E-state index contributed by atoms with van der Waals surface area (Å²) in [7, 11) is 0. The lowest BCUT2D eigenvalue weighted by molar-refractivity contribution is -0.180. The zero-order valence-electron chi connectivity index (χ0n) is 11.4. The third-order valence-electron chi connectivity index (χ3n) is 2.98. The second-order valence-corrected chi connectivity index (χ2v) is 4.93. The van der Waals surface area contributed by atoms with Crippen molar-refractivity contribution in [2.45, 2.75) is 32.7 Å². The lowest BCUT2D eigenvalue weighted by Gasteiger charge is -2.27. The van der Waals surface area contributed by atoms with Gasteiger partial charge in [0.05, 0.1) is 5.92 Å². The first kappa shape index (κ1) is 16.5. The number of carbonyl (C=O) groups is 1. The van der Waals surface area contributed by atoms with E-state index in [1.807, 2.05) is 0 Å². The number of halogens is 3. The number of nitrogens with two attached hydrogens (primary N) is 1. The molecule has 0 spiro atoms. The van der Waals surface area contributed by atoms with Crippen molar-refractivity contribution in [3.63, 3.8) is 0 Å². The van der Waals surface area contributed by atoms with Crippen LogP contribution in [0, 0.1) is 11.8 Å². The van der Waals surface area contributed by atoms with Gasteiger partial charge in [-0.25, -0.2) is 0 Å². The van der Waals surface area contributed by atoms with Crippen LogP contribution in [0.3, 0.4) is 0 Å². The van der Waals surface area contributed by atoms with Gasteiger partial charge in [0.25, 0.3) is 0 Å². The predicted molar refractivity (Wildman–Crippen MR) is 68.6 cm³/mol. The van der Waals surface area contributed by atoms with Crippen molar-refractivity contribution >= 4 is 5.97 Å². The molecule has 0 amide bonds. The maximum absolute atomic E-state index is 12.7. The summed E-state index contributed by atoms with van der Waals surface area (Å²) in [6.45, 7) is 2.97. The van der Waals surface area contributed by atoms with Crippen LogP contribution in [-0.2, 0) is 16.1 Å². The van der Waals surface area contributed by atoms with Crippen LogP contribution >= 0.6 is 0 Å². The summed E-state index contributed by atoms with van der Waals surface area (Å²) < 4.78 is 42.9. The van der Waals surface area contributed by atoms with E-state index < -0.39 is 30.0 Å². The second kappa shape index (κ2) is 6.74. The molecule has 3 nitrogen and oxygen atoms in total. The van der Waals surface area contributed by atoms with Crippen molar-refractivity contribution in [1.82, 2.24) is 0 Å². The molecular weight excluding hydrogens is 271 g/mol. The topological polar surface area (TPSA) is 52.3 Å². The van der Waals surface area contributed by atoms with Crippen LogP contribution in [0.5, 0.6) is 0 Å². The third kappa shape index (κ3) is 4.52. The maximum atomic E-state index is 12.7. The van der Waals surface area contributed by atoms with Crippen molar-refractivity contribution in [3.05, 3.63) is 35.9 Å². The SMILES string of the molecule is CC(C)[C@@H](C(=O)OCc1ccccc1)[C@@H](N)C(F)(F)F. The highest BCUT2D eigenvalue weighted by atomic mass is 19.4. The van der Waals surface area contributed by atoms with Crippen LogP contribution in [-0.4, -0.2) is 18.2 Å². The van der Waals surface area contributed by atoms with Gasteiger partial charge >= 0.3 is 12.1 Å². The van der Waals surface area contributed by atoms with E-state index in [0.29, 0.717) is 5.56 Å². The summed E-state index contributed by atoms with van der Waals surface area (Å²) in [4.78, 5) is 11.8. The van der Waals surface area contributed by atoms with Crippen molar-refractivity contribution in [3.8, 4) is 0 Å². The number of ether oxygens (including phenoxy) is 1.